The van der Waals surface area contributed by atoms with E-state index in [1.165, 1.54) is 12.3 Å². The quantitative estimate of drug-likeness (QED) is 0.572. The third kappa shape index (κ3) is 3.06. The molecule has 3 aromatic rings. The third-order valence-electron chi connectivity index (χ3n) is 3.01. The summed E-state index contributed by atoms with van der Waals surface area (Å²) in [4.78, 5) is 22.4. The highest BCUT2D eigenvalue weighted by atomic mass is 16.6. The number of hydrogen-bond donors (Lipinski definition) is 1. The largest absolute Gasteiger partial charge is 0.366 e. The van der Waals surface area contributed by atoms with Crippen molar-refractivity contribution in [3.05, 3.63) is 71.1 Å². The molecule has 110 valence electrons. The van der Waals surface area contributed by atoms with Crippen molar-refractivity contribution in [3.8, 4) is 5.82 Å². The van der Waals surface area contributed by atoms with Crippen molar-refractivity contribution in [3.63, 3.8) is 0 Å². The molecule has 0 saturated carbocycles. The summed E-state index contributed by atoms with van der Waals surface area (Å²) in [5.74, 6) is 1.35. The number of anilines is 1. The van der Waals surface area contributed by atoms with Gasteiger partial charge in [-0.05, 0) is 23.8 Å². The van der Waals surface area contributed by atoms with Gasteiger partial charge in [0.25, 0.3) is 5.69 Å². The summed E-state index contributed by atoms with van der Waals surface area (Å²) >= 11 is 0. The number of nitrogens with one attached hydrogen (secondary N) is 1. The van der Waals surface area contributed by atoms with Gasteiger partial charge in [0.2, 0.25) is 0 Å². The van der Waals surface area contributed by atoms with E-state index >= 15 is 0 Å². The van der Waals surface area contributed by atoms with Crippen LogP contribution in [0, 0.1) is 10.1 Å². The Balaban J connectivity index is 1.69. The highest BCUT2D eigenvalue weighted by Crippen LogP contribution is 2.13. The number of aromatic nitrogens is 4. The maximum Gasteiger partial charge on any atom is 0.287 e. The van der Waals surface area contributed by atoms with Crippen LogP contribution in [0.4, 0.5) is 11.5 Å². The Labute approximate surface area is 125 Å². The predicted molar refractivity (Wildman–Crippen MR) is 79.6 cm³/mol. The maximum atomic E-state index is 10.6. The van der Waals surface area contributed by atoms with Gasteiger partial charge < -0.3 is 5.32 Å². The number of imidazole rings is 1. The number of nitrogens with zero attached hydrogens (tertiary/aromatic N) is 5. The molecule has 3 rings (SSSR count). The van der Waals surface area contributed by atoms with Crippen molar-refractivity contribution >= 4 is 11.5 Å². The van der Waals surface area contributed by atoms with Crippen LogP contribution in [-0.2, 0) is 6.54 Å². The zero-order valence-electron chi connectivity index (χ0n) is 11.5. The summed E-state index contributed by atoms with van der Waals surface area (Å²) in [5, 5.41) is 13.7. The van der Waals surface area contributed by atoms with E-state index in [-0.39, 0.29) is 5.69 Å². The molecule has 22 heavy (non-hydrogen) atoms. The van der Waals surface area contributed by atoms with Gasteiger partial charge in [-0.25, -0.2) is 15.0 Å². The monoisotopic (exact) mass is 296 g/mol. The van der Waals surface area contributed by atoms with Gasteiger partial charge >= 0.3 is 0 Å². The van der Waals surface area contributed by atoms with Crippen LogP contribution in [-0.4, -0.2) is 24.4 Å². The molecule has 3 aromatic heterocycles. The van der Waals surface area contributed by atoms with Crippen LogP contribution in [0.5, 0.6) is 0 Å². The molecule has 0 saturated heterocycles. The van der Waals surface area contributed by atoms with Gasteiger partial charge in [-0.3, -0.25) is 14.7 Å². The second kappa shape index (κ2) is 6.00. The minimum absolute atomic E-state index is 0.0307. The van der Waals surface area contributed by atoms with Crippen molar-refractivity contribution < 1.29 is 4.92 Å². The van der Waals surface area contributed by atoms with E-state index < -0.39 is 4.92 Å². The second-order valence-corrected chi connectivity index (χ2v) is 4.50. The smallest absolute Gasteiger partial charge is 0.287 e. The van der Waals surface area contributed by atoms with Gasteiger partial charge in [-0.2, -0.15) is 0 Å². The Bertz CT molecular complexity index is 770. The minimum Gasteiger partial charge on any atom is -0.366 e. The molecule has 0 aromatic carbocycles. The average Bonchev–Trinajstić information content (AvgIpc) is 3.08. The Morgan fingerprint density at radius 1 is 1.23 bits per heavy atom. The first-order valence-electron chi connectivity index (χ1n) is 6.50. The predicted octanol–water partition coefficient (Wildman–Crippen LogP) is 2.18. The lowest BCUT2D eigenvalue weighted by atomic mass is 10.2. The number of pyridine rings is 2. The fraction of sp³-hybridized carbons (Fsp3) is 0.0714. The molecule has 0 fully saturated rings. The maximum absolute atomic E-state index is 10.6. The number of nitro groups is 1. The first-order valence-corrected chi connectivity index (χ1v) is 6.50. The molecular formula is C14H12N6O2. The summed E-state index contributed by atoms with van der Waals surface area (Å²) in [6, 6.07) is 6.81. The highest BCUT2D eigenvalue weighted by Gasteiger charge is 2.05. The van der Waals surface area contributed by atoms with E-state index in [0.29, 0.717) is 12.4 Å². The molecule has 8 heteroatoms. The zero-order valence-corrected chi connectivity index (χ0v) is 11.5. The molecule has 0 spiro atoms. The van der Waals surface area contributed by atoms with Crippen LogP contribution < -0.4 is 5.32 Å². The van der Waals surface area contributed by atoms with Crippen LogP contribution >= 0.6 is 0 Å². The lowest BCUT2D eigenvalue weighted by Crippen LogP contribution is -2.03. The van der Waals surface area contributed by atoms with E-state index in [2.05, 4.69) is 20.3 Å². The fourth-order valence-electron chi connectivity index (χ4n) is 1.90. The van der Waals surface area contributed by atoms with Gasteiger partial charge in [0.15, 0.2) is 0 Å². The summed E-state index contributed by atoms with van der Waals surface area (Å²) in [6.07, 6.45) is 8.13. The lowest BCUT2D eigenvalue weighted by molar-refractivity contribution is -0.385. The van der Waals surface area contributed by atoms with Crippen LogP contribution in [0.25, 0.3) is 5.82 Å². The SMILES string of the molecule is O=[N+]([O-])c1ccc(NCc2ccnc(-n3ccnc3)c2)nc1. The molecule has 0 bridgehead atoms. The van der Waals surface area contributed by atoms with Crippen molar-refractivity contribution in [1.82, 2.24) is 19.5 Å². The first-order chi connectivity index (χ1) is 10.7. The normalized spacial score (nSPS) is 10.4. The molecule has 0 radical (unpaired) electrons. The third-order valence-corrected chi connectivity index (χ3v) is 3.01. The van der Waals surface area contributed by atoms with E-state index in [1.807, 2.05) is 22.9 Å². The van der Waals surface area contributed by atoms with Crippen molar-refractivity contribution in [2.24, 2.45) is 0 Å². The van der Waals surface area contributed by atoms with E-state index in [9.17, 15) is 10.1 Å². The van der Waals surface area contributed by atoms with Crippen molar-refractivity contribution in [1.29, 1.82) is 0 Å². The van der Waals surface area contributed by atoms with Crippen LogP contribution in [0.1, 0.15) is 5.56 Å². The molecule has 1 N–H and O–H groups in total. The van der Waals surface area contributed by atoms with Gasteiger partial charge in [-0.1, -0.05) is 0 Å². The summed E-state index contributed by atoms with van der Waals surface area (Å²) in [7, 11) is 0. The first kappa shape index (κ1) is 13.7. The average molecular weight is 296 g/mol. The van der Waals surface area contributed by atoms with Crippen LogP contribution in [0.3, 0.4) is 0 Å². The van der Waals surface area contributed by atoms with E-state index in [0.717, 1.165) is 11.4 Å². The lowest BCUT2D eigenvalue weighted by Gasteiger charge is -2.07. The van der Waals surface area contributed by atoms with Crippen molar-refractivity contribution in [2.75, 3.05) is 5.32 Å². The molecule has 0 amide bonds. The van der Waals surface area contributed by atoms with Crippen LogP contribution in [0.15, 0.2) is 55.4 Å². The molecule has 0 aliphatic heterocycles. The highest BCUT2D eigenvalue weighted by molar-refractivity contribution is 5.41. The summed E-state index contributed by atoms with van der Waals surface area (Å²) in [6.45, 7) is 0.537. The van der Waals surface area contributed by atoms with Gasteiger partial charge in [-0.15, -0.1) is 0 Å². The summed E-state index contributed by atoms with van der Waals surface area (Å²) in [5.41, 5.74) is 0.982. The van der Waals surface area contributed by atoms with Gasteiger partial charge in [0.05, 0.1) is 4.92 Å². The van der Waals surface area contributed by atoms with Gasteiger partial charge in [0, 0.05) is 31.2 Å². The molecule has 0 atom stereocenters. The molecule has 0 aliphatic rings. The molecule has 8 nitrogen and oxygen atoms in total. The Morgan fingerprint density at radius 3 is 2.82 bits per heavy atom. The number of rotatable bonds is 5. The molecule has 0 aliphatic carbocycles. The van der Waals surface area contributed by atoms with Crippen molar-refractivity contribution in [2.45, 2.75) is 6.54 Å². The van der Waals surface area contributed by atoms with Gasteiger partial charge in [0.1, 0.15) is 24.2 Å². The number of hydrogen-bond acceptors (Lipinski definition) is 6. The van der Waals surface area contributed by atoms with Crippen LogP contribution in [0.2, 0.25) is 0 Å². The Hall–Kier alpha value is -3.29. The fourth-order valence-corrected chi connectivity index (χ4v) is 1.90. The molecule has 3 heterocycles. The van der Waals surface area contributed by atoms with E-state index in [4.69, 9.17) is 0 Å². The Kier molecular flexibility index (Phi) is 3.73. The topological polar surface area (TPSA) is 98.8 Å². The standard InChI is InChI=1S/C14H12N6O2/c21-20(22)12-1-2-13(18-9-12)17-8-11-3-4-16-14(7-11)19-6-5-15-10-19/h1-7,9-10H,8H2,(H,17,18). The second-order valence-electron chi connectivity index (χ2n) is 4.50. The minimum atomic E-state index is -0.475. The van der Waals surface area contributed by atoms with E-state index in [1.54, 1.807) is 24.8 Å². The zero-order chi connectivity index (χ0) is 15.4. The molecular weight excluding hydrogens is 284 g/mol. The summed E-state index contributed by atoms with van der Waals surface area (Å²) < 4.78 is 1.81. The molecule has 0 unspecified atom stereocenters. The Morgan fingerprint density at radius 2 is 2.14 bits per heavy atom.